The van der Waals surface area contributed by atoms with Crippen molar-refractivity contribution in [3.63, 3.8) is 0 Å². The quantitative estimate of drug-likeness (QED) is 0.722. The number of carbonyl (C=O) groups is 3. The number of nitrogens with zero attached hydrogens (tertiary/aromatic N) is 1. The second kappa shape index (κ2) is 8.98. The van der Waals surface area contributed by atoms with Crippen LogP contribution < -0.4 is 5.32 Å². The lowest BCUT2D eigenvalue weighted by atomic mass is 9.78. The molecule has 0 radical (unpaired) electrons. The summed E-state index contributed by atoms with van der Waals surface area (Å²) in [6.07, 6.45) is -1.04. The molecule has 2 N–H and O–H groups in total. The molecule has 8 nitrogen and oxygen atoms in total. The van der Waals surface area contributed by atoms with Crippen molar-refractivity contribution in [2.45, 2.75) is 31.8 Å². The van der Waals surface area contributed by atoms with E-state index in [1.807, 2.05) is 17.5 Å². The van der Waals surface area contributed by atoms with Gasteiger partial charge in [-0.15, -0.1) is 11.3 Å². The average molecular weight is 368 g/mol. The van der Waals surface area contributed by atoms with E-state index >= 15 is 0 Å². The van der Waals surface area contributed by atoms with E-state index in [4.69, 9.17) is 9.39 Å². The smallest absolute Gasteiger partial charge is 0.453 e. The van der Waals surface area contributed by atoms with Crippen LogP contribution in [0.25, 0.3) is 0 Å². The number of nitrogens with one attached hydrogen (secondary N) is 1. The number of ketones is 1. The Morgan fingerprint density at radius 1 is 1.48 bits per heavy atom. The molecule has 2 atom stereocenters. The molecular formula is C15H21BN2O6S. The predicted octanol–water partition coefficient (Wildman–Crippen LogP) is 0.241. The maximum absolute atomic E-state index is 12.2. The van der Waals surface area contributed by atoms with Crippen LogP contribution in [0.4, 0.5) is 4.79 Å². The minimum atomic E-state index is -1.33. The lowest BCUT2D eigenvalue weighted by Crippen LogP contribution is -2.53. The van der Waals surface area contributed by atoms with Crippen LogP contribution in [0, 0.1) is 0 Å². The van der Waals surface area contributed by atoms with Gasteiger partial charge in [-0.05, 0) is 18.4 Å². The molecule has 2 heterocycles. The van der Waals surface area contributed by atoms with Crippen LogP contribution in [-0.4, -0.2) is 67.1 Å². The normalized spacial score (nSPS) is 20.8. The third kappa shape index (κ3) is 5.84. The van der Waals surface area contributed by atoms with Crippen molar-refractivity contribution in [1.82, 2.24) is 10.2 Å². The van der Waals surface area contributed by atoms with E-state index in [9.17, 15) is 19.4 Å². The molecule has 136 valence electrons. The lowest BCUT2D eigenvalue weighted by Gasteiger charge is -2.24. The third-order valence-electron chi connectivity index (χ3n) is 3.73. The summed E-state index contributed by atoms with van der Waals surface area (Å²) in [7, 11) is -0.0826. The van der Waals surface area contributed by atoms with Gasteiger partial charge in [0.15, 0.2) is 0 Å². The molecule has 1 aromatic heterocycles. The number of ether oxygens (including phenoxy) is 1. The van der Waals surface area contributed by atoms with Gasteiger partial charge in [-0.3, -0.25) is 9.59 Å². The fourth-order valence-corrected chi connectivity index (χ4v) is 3.34. The van der Waals surface area contributed by atoms with Crippen molar-refractivity contribution in [3.05, 3.63) is 22.4 Å². The molecule has 1 aromatic rings. The third-order valence-corrected chi connectivity index (χ3v) is 4.60. The molecule has 25 heavy (non-hydrogen) atoms. The van der Waals surface area contributed by atoms with Gasteiger partial charge in [0.05, 0.1) is 25.6 Å². The van der Waals surface area contributed by atoms with Crippen molar-refractivity contribution in [2.24, 2.45) is 0 Å². The molecule has 0 aliphatic carbocycles. The van der Waals surface area contributed by atoms with Gasteiger partial charge in [-0.25, -0.2) is 4.79 Å². The molecule has 1 saturated heterocycles. The number of hydrogen-bond acceptors (Lipinski definition) is 7. The first-order chi connectivity index (χ1) is 11.9. The van der Waals surface area contributed by atoms with E-state index in [1.165, 1.54) is 30.3 Å². The maximum atomic E-state index is 12.2. The summed E-state index contributed by atoms with van der Waals surface area (Å²) in [6.45, 7) is 1.53. The topological polar surface area (TPSA) is 105 Å². The Morgan fingerprint density at radius 3 is 2.84 bits per heavy atom. The molecule has 1 aliphatic heterocycles. The van der Waals surface area contributed by atoms with Crippen molar-refractivity contribution in [2.75, 3.05) is 20.2 Å². The summed E-state index contributed by atoms with van der Waals surface area (Å²) in [5.74, 6) is -1.23. The summed E-state index contributed by atoms with van der Waals surface area (Å²) >= 11 is 1.46. The predicted molar refractivity (Wildman–Crippen MR) is 92.1 cm³/mol. The number of carbonyl (C=O) groups excluding carboxylic acids is 3. The second-order valence-electron chi connectivity index (χ2n) is 5.86. The monoisotopic (exact) mass is 368 g/mol. The molecule has 0 aromatic carbocycles. The molecule has 0 saturated carbocycles. The van der Waals surface area contributed by atoms with Gasteiger partial charge in [0.1, 0.15) is 5.78 Å². The fourth-order valence-electron chi connectivity index (χ4n) is 2.64. The molecule has 1 aliphatic rings. The van der Waals surface area contributed by atoms with Crippen LogP contribution in [0.15, 0.2) is 17.5 Å². The number of methoxy groups -OCH3 is 1. The fraction of sp³-hybridized carbons (Fsp3) is 0.533. The summed E-state index contributed by atoms with van der Waals surface area (Å²) in [4.78, 5) is 37.7. The van der Waals surface area contributed by atoms with Crippen LogP contribution in [0.5, 0.6) is 0 Å². The van der Waals surface area contributed by atoms with E-state index in [-0.39, 0.29) is 37.6 Å². The van der Waals surface area contributed by atoms with Crippen LogP contribution >= 0.6 is 11.3 Å². The first-order valence-corrected chi connectivity index (χ1v) is 8.74. The SMILES string of the molecule is COC(=O)N1CC(CC(C)=O)OB(O)[C@@H](NC(=O)Cc2cccs2)C1. The Hall–Kier alpha value is -1.91. The van der Waals surface area contributed by atoms with Gasteiger partial charge in [0.25, 0.3) is 0 Å². The van der Waals surface area contributed by atoms with Gasteiger partial charge in [0, 0.05) is 24.4 Å². The number of Topliss-reactive ketones (excluding diaryl/α,β-unsaturated/α-hetero) is 1. The van der Waals surface area contributed by atoms with Crippen LogP contribution in [0.2, 0.25) is 0 Å². The minimum Gasteiger partial charge on any atom is -0.453 e. The number of hydrogen-bond donors (Lipinski definition) is 2. The van der Waals surface area contributed by atoms with Gasteiger partial charge >= 0.3 is 13.2 Å². The van der Waals surface area contributed by atoms with Crippen molar-refractivity contribution < 1.29 is 28.8 Å². The zero-order chi connectivity index (χ0) is 18.4. The van der Waals surface area contributed by atoms with Crippen LogP contribution in [0.3, 0.4) is 0 Å². The summed E-state index contributed by atoms with van der Waals surface area (Å²) in [5.41, 5.74) is 0. The molecule has 1 unspecified atom stereocenters. The van der Waals surface area contributed by atoms with Gasteiger partial charge in [0.2, 0.25) is 5.91 Å². The Balaban J connectivity index is 2.05. The first-order valence-electron chi connectivity index (χ1n) is 7.86. The zero-order valence-electron chi connectivity index (χ0n) is 14.1. The van der Waals surface area contributed by atoms with Gasteiger partial charge in [-0.2, -0.15) is 0 Å². The standard InChI is InChI=1S/C15H21BN2O6S/c1-10(19)6-11-8-18(15(21)23-2)9-13(16(22)24-11)17-14(20)7-12-4-3-5-25-12/h3-5,11,13,22H,6-9H2,1-2H3,(H,17,20)/t11?,13-/m0/s1. The maximum Gasteiger partial charge on any atom is 0.480 e. The molecule has 2 amide bonds. The number of thiophene rings is 1. The Bertz CT molecular complexity index is 611. The van der Waals surface area contributed by atoms with E-state index in [0.717, 1.165) is 4.88 Å². The molecule has 0 spiro atoms. The first kappa shape index (κ1) is 19.4. The van der Waals surface area contributed by atoms with Gasteiger partial charge in [-0.1, -0.05) is 6.07 Å². The molecule has 10 heteroatoms. The van der Waals surface area contributed by atoms with E-state index < -0.39 is 25.3 Å². The highest BCUT2D eigenvalue weighted by molar-refractivity contribution is 7.10. The Labute approximate surface area is 150 Å². The number of rotatable bonds is 5. The van der Waals surface area contributed by atoms with Crippen LogP contribution in [0.1, 0.15) is 18.2 Å². The molecular weight excluding hydrogens is 347 g/mol. The van der Waals surface area contributed by atoms with Crippen molar-refractivity contribution in [1.29, 1.82) is 0 Å². The molecule has 1 fully saturated rings. The lowest BCUT2D eigenvalue weighted by molar-refractivity contribution is -0.121. The van der Waals surface area contributed by atoms with Crippen LogP contribution in [-0.2, 0) is 25.4 Å². The zero-order valence-corrected chi connectivity index (χ0v) is 15.0. The Morgan fingerprint density at radius 2 is 2.24 bits per heavy atom. The van der Waals surface area contributed by atoms with Crippen molar-refractivity contribution >= 4 is 36.2 Å². The summed E-state index contributed by atoms with van der Waals surface area (Å²) in [5, 5.41) is 14.8. The van der Waals surface area contributed by atoms with Crippen molar-refractivity contribution in [3.8, 4) is 0 Å². The number of amides is 2. The molecule has 0 bridgehead atoms. The minimum absolute atomic E-state index is 0.0262. The second-order valence-corrected chi connectivity index (χ2v) is 6.89. The summed E-state index contributed by atoms with van der Waals surface area (Å²) in [6, 6.07) is 3.69. The van der Waals surface area contributed by atoms with Gasteiger partial charge < -0.3 is 24.6 Å². The Kier molecular flexibility index (Phi) is 6.97. The van der Waals surface area contributed by atoms with E-state index in [2.05, 4.69) is 5.32 Å². The van der Waals surface area contributed by atoms with E-state index in [0.29, 0.717) is 0 Å². The summed E-state index contributed by atoms with van der Waals surface area (Å²) < 4.78 is 10.2. The van der Waals surface area contributed by atoms with E-state index in [1.54, 1.807) is 0 Å². The molecule has 2 rings (SSSR count). The average Bonchev–Trinajstić information content (AvgIpc) is 2.99. The highest BCUT2D eigenvalue weighted by atomic mass is 32.1. The highest BCUT2D eigenvalue weighted by Gasteiger charge is 2.39. The largest absolute Gasteiger partial charge is 0.480 e. The highest BCUT2D eigenvalue weighted by Crippen LogP contribution is 2.14.